The Bertz CT molecular complexity index is 1080. The van der Waals surface area contributed by atoms with Crippen LogP contribution in [0.2, 0.25) is 0 Å². The van der Waals surface area contributed by atoms with Gasteiger partial charge >= 0.3 is 6.09 Å². The van der Waals surface area contributed by atoms with Crippen LogP contribution in [0.4, 0.5) is 4.79 Å². The number of fused-ring (bicyclic) bond motifs is 1. The van der Waals surface area contributed by atoms with E-state index in [2.05, 4.69) is 20.4 Å². The van der Waals surface area contributed by atoms with Gasteiger partial charge in [0.25, 0.3) is 0 Å². The molecule has 2 aromatic heterocycles. The Balaban J connectivity index is 1.23. The molecule has 1 amide bonds. The third-order valence-electron chi connectivity index (χ3n) is 7.88. The van der Waals surface area contributed by atoms with Gasteiger partial charge in [-0.05, 0) is 73.3 Å². The lowest BCUT2D eigenvalue weighted by atomic mass is 9.49. The molecule has 7 rings (SSSR count). The SMILES string of the molecule is O=C(O)NC(Cc1c[nH]c2ccccc12)c1nc(CC23CC4CC(CC(C4)C2)C3)no1. The molecule has 162 valence electrons. The van der Waals surface area contributed by atoms with Crippen molar-refractivity contribution < 1.29 is 14.4 Å². The third kappa shape index (κ3) is 3.50. The van der Waals surface area contributed by atoms with Gasteiger partial charge in [-0.1, -0.05) is 23.4 Å². The molecule has 3 aromatic rings. The molecule has 0 aliphatic heterocycles. The number of para-hydroxylation sites is 1. The molecule has 4 bridgehead atoms. The van der Waals surface area contributed by atoms with Gasteiger partial charge in [0.05, 0.1) is 0 Å². The van der Waals surface area contributed by atoms with Crippen LogP contribution in [0.15, 0.2) is 35.0 Å². The van der Waals surface area contributed by atoms with Crippen LogP contribution in [0.25, 0.3) is 10.9 Å². The highest BCUT2D eigenvalue weighted by Crippen LogP contribution is 2.60. The number of hydrogen-bond donors (Lipinski definition) is 3. The molecule has 2 heterocycles. The van der Waals surface area contributed by atoms with Gasteiger partial charge in [-0.3, -0.25) is 0 Å². The van der Waals surface area contributed by atoms with Gasteiger partial charge in [0.2, 0.25) is 5.89 Å². The highest BCUT2D eigenvalue weighted by Gasteiger charge is 2.51. The highest BCUT2D eigenvalue weighted by atomic mass is 16.5. The first-order valence-corrected chi connectivity index (χ1v) is 11.4. The van der Waals surface area contributed by atoms with E-state index in [1.54, 1.807) is 0 Å². The molecular formula is C24H28N4O3. The number of hydrogen-bond acceptors (Lipinski definition) is 4. The van der Waals surface area contributed by atoms with Crippen LogP contribution in [-0.2, 0) is 12.8 Å². The van der Waals surface area contributed by atoms with Crippen molar-refractivity contribution in [3.05, 3.63) is 47.7 Å². The molecule has 7 heteroatoms. The Labute approximate surface area is 180 Å². The second-order valence-electron chi connectivity index (χ2n) is 10.2. The summed E-state index contributed by atoms with van der Waals surface area (Å²) in [6.07, 6.45) is 10.2. The number of aromatic amines is 1. The maximum absolute atomic E-state index is 11.5. The Hall–Kier alpha value is -2.83. The standard InChI is InChI=1S/C24H28N4O3/c29-23(30)26-20(8-17-13-25-19-4-2-1-3-18(17)19)22-27-21(28-31-22)12-24-9-14-5-15(10-24)7-16(6-14)11-24/h1-4,13-16,20,25-26H,5-12H2,(H,29,30). The van der Waals surface area contributed by atoms with Crippen molar-refractivity contribution in [2.75, 3.05) is 0 Å². The maximum Gasteiger partial charge on any atom is 0.405 e. The Morgan fingerprint density at radius 3 is 2.61 bits per heavy atom. The van der Waals surface area contributed by atoms with Crippen molar-refractivity contribution in [1.82, 2.24) is 20.4 Å². The summed E-state index contributed by atoms with van der Waals surface area (Å²) < 4.78 is 5.61. The maximum atomic E-state index is 11.5. The van der Waals surface area contributed by atoms with Crippen molar-refractivity contribution in [3.63, 3.8) is 0 Å². The average molecular weight is 421 g/mol. The zero-order valence-electron chi connectivity index (χ0n) is 17.5. The zero-order valence-corrected chi connectivity index (χ0v) is 17.5. The summed E-state index contributed by atoms with van der Waals surface area (Å²) >= 11 is 0. The molecule has 1 aromatic carbocycles. The van der Waals surface area contributed by atoms with Crippen LogP contribution >= 0.6 is 0 Å². The van der Waals surface area contributed by atoms with Gasteiger partial charge in [0.1, 0.15) is 6.04 Å². The fourth-order valence-electron chi connectivity index (χ4n) is 7.19. The second-order valence-corrected chi connectivity index (χ2v) is 10.2. The average Bonchev–Trinajstić information content (AvgIpc) is 3.33. The van der Waals surface area contributed by atoms with Gasteiger partial charge < -0.3 is 19.9 Å². The van der Waals surface area contributed by atoms with Gasteiger partial charge in [0.15, 0.2) is 5.82 Å². The van der Waals surface area contributed by atoms with E-state index in [-0.39, 0.29) is 0 Å². The Kier molecular flexibility index (Phi) is 4.33. The van der Waals surface area contributed by atoms with Crippen LogP contribution in [-0.4, -0.2) is 26.3 Å². The minimum absolute atomic E-state index is 0.322. The molecule has 0 spiro atoms. The number of benzene rings is 1. The summed E-state index contributed by atoms with van der Waals surface area (Å²) in [4.78, 5) is 19.4. The van der Waals surface area contributed by atoms with Gasteiger partial charge in [0, 0.05) is 29.9 Å². The smallest absolute Gasteiger partial charge is 0.405 e. The summed E-state index contributed by atoms with van der Waals surface area (Å²) in [5.41, 5.74) is 2.37. The number of carboxylic acid groups (broad SMARTS) is 1. The predicted octanol–water partition coefficient (Wildman–Crippen LogP) is 4.86. The van der Waals surface area contributed by atoms with Crippen molar-refractivity contribution in [2.45, 2.75) is 57.4 Å². The minimum Gasteiger partial charge on any atom is -0.465 e. The fraction of sp³-hybridized carbons (Fsp3) is 0.542. The Morgan fingerprint density at radius 2 is 1.90 bits per heavy atom. The van der Waals surface area contributed by atoms with Crippen molar-refractivity contribution in [3.8, 4) is 0 Å². The quantitative estimate of drug-likeness (QED) is 0.528. The van der Waals surface area contributed by atoms with Gasteiger partial charge in [-0.2, -0.15) is 4.98 Å². The number of nitrogens with zero attached hydrogens (tertiary/aromatic N) is 2. The normalized spacial score (nSPS) is 30.0. The summed E-state index contributed by atoms with van der Waals surface area (Å²) in [7, 11) is 0. The number of carbonyl (C=O) groups is 1. The highest BCUT2D eigenvalue weighted by molar-refractivity contribution is 5.83. The first-order chi connectivity index (χ1) is 15.1. The molecule has 4 fully saturated rings. The van der Waals surface area contributed by atoms with Gasteiger partial charge in [-0.15, -0.1) is 0 Å². The second kappa shape index (κ2) is 7.11. The van der Waals surface area contributed by atoms with E-state index in [9.17, 15) is 9.90 Å². The van der Waals surface area contributed by atoms with E-state index < -0.39 is 12.1 Å². The van der Waals surface area contributed by atoms with E-state index in [1.807, 2.05) is 30.5 Å². The molecule has 0 radical (unpaired) electrons. The van der Waals surface area contributed by atoms with E-state index in [0.29, 0.717) is 17.7 Å². The molecule has 4 aliphatic rings. The molecule has 1 atom stereocenters. The lowest BCUT2D eigenvalue weighted by molar-refractivity contribution is -0.0533. The number of aromatic nitrogens is 3. The lowest BCUT2D eigenvalue weighted by Gasteiger charge is -2.56. The van der Waals surface area contributed by atoms with Crippen LogP contribution in [0.1, 0.15) is 61.8 Å². The molecule has 4 aliphatic carbocycles. The molecule has 1 unspecified atom stereocenters. The van der Waals surface area contributed by atoms with Crippen LogP contribution in [0, 0.1) is 23.2 Å². The Morgan fingerprint density at radius 1 is 1.19 bits per heavy atom. The lowest BCUT2D eigenvalue weighted by Crippen LogP contribution is -2.47. The number of nitrogens with one attached hydrogen (secondary N) is 2. The number of H-pyrrole nitrogens is 1. The van der Waals surface area contributed by atoms with Gasteiger partial charge in [-0.25, -0.2) is 4.79 Å². The number of rotatable bonds is 6. The van der Waals surface area contributed by atoms with Crippen LogP contribution in [0.3, 0.4) is 0 Å². The molecular weight excluding hydrogens is 392 g/mol. The van der Waals surface area contributed by atoms with E-state index >= 15 is 0 Å². The van der Waals surface area contributed by atoms with E-state index in [1.165, 1.54) is 38.5 Å². The topological polar surface area (TPSA) is 104 Å². The molecule has 0 saturated heterocycles. The van der Waals surface area contributed by atoms with Crippen molar-refractivity contribution in [1.29, 1.82) is 0 Å². The molecule has 31 heavy (non-hydrogen) atoms. The molecule has 4 saturated carbocycles. The molecule has 3 N–H and O–H groups in total. The summed E-state index contributed by atoms with van der Waals surface area (Å²) in [6, 6.07) is 7.43. The van der Waals surface area contributed by atoms with Crippen molar-refractivity contribution in [2.24, 2.45) is 23.2 Å². The number of amides is 1. The summed E-state index contributed by atoms with van der Waals surface area (Å²) in [5.74, 6) is 3.71. The summed E-state index contributed by atoms with van der Waals surface area (Å²) in [5, 5.41) is 17.3. The fourth-order valence-corrected chi connectivity index (χ4v) is 7.19. The van der Waals surface area contributed by atoms with Crippen LogP contribution in [0.5, 0.6) is 0 Å². The first kappa shape index (κ1) is 18.9. The first-order valence-electron chi connectivity index (χ1n) is 11.4. The monoisotopic (exact) mass is 420 g/mol. The van der Waals surface area contributed by atoms with E-state index in [0.717, 1.165) is 46.5 Å². The van der Waals surface area contributed by atoms with Crippen LogP contribution < -0.4 is 5.32 Å². The molecule has 7 nitrogen and oxygen atoms in total. The van der Waals surface area contributed by atoms with Crippen molar-refractivity contribution >= 4 is 17.0 Å². The minimum atomic E-state index is -1.09. The summed E-state index contributed by atoms with van der Waals surface area (Å²) in [6.45, 7) is 0. The predicted molar refractivity (Wildman–Crippen MR) is 115 cm³/mol. The van der Waals surface area contributed by atoms with E-state index in [4.69, 9.17) is 4.52 Å². The largest absolute Gasteiger partial charge is 0.465 e. The third-order valence-corrected chi connectivity index (χ3v) is 7.88. The zero-order chi connectivity index (χ0) is 21.0.